The Labute approximate surface area is 112 Å². The summed E-state index contributed by atoms with van der Waals surface area (Å²) in [6.45, 7) is 1.83. The van der Waals surface area contributed by atoms with Gasteiger partial charge in [-0.1, -0.05) is 11.6 Å². The molecule has 1 heterocycles. The van der Waals surface area contributed by atoms with Crippen LogP contribution >= 0.6 is 27.5 Å². The lowest BCUT2D eigenvalue weighted by molar-refractivity contribution is 0.620. The Morgan fingerprint density at radius 3 is 2.76 bits per heavy atom. The molecular weight excluding hydrogens is 307 g/mol. The Morgan fingerprint density at radius 1 is 1.35 bits per heavy atom. The van der Waals surface area contributed by atoms with Crippen LogP contribution in [0.3, 0.4) is 0 Å². The molecule has 0 aliphatic carbocycles. The van der Waals surface area contributed by atoms with Crippen molar-refractivity contribution in [3.05, 3.63) is 51.3 Å². The molecule has 0 atom stereocenters. The molecule has 17 heavy (non-hydrogen) atoms. The second-order valence-electron chi connectivity index (χ2n) is 3.57. The van der Waals surface area contributed by atoms with E-state index in [1.54, 1.807) is 24.4 Å². The molecule has 0 saturated heterocycles. The first-order valence-electron chi connectivity index (χ1n) is 4.90. The van der Waals surface area contributed by atoms with Gasteiger partial charge in [-0.15, -0.1) is 0 Å². The van der Waals surface area contributed by atoms with Crippen molar-refractivity contribution in [3.8, 4) is 0 Å². The summed E-state index contributed by atoms with van der Waals surface area (Å²) in [6.07, 6.45) is 1.55. The molecule has 1 N–H and O–H groups in total. The molecule has 1 aromatic carbocycles. The SMILES string of the molecule is Cc1cc(F)c(Br)cc1Nc1ccc(Cl)cn1. The first-order chi connectivity index (χ1) is 8.06. The zero-order valence-corrected chi connectivity index (χ0v) is 11.3. The minimum Gasteiger partial charge on any atom is -0.340 e. The van der Waals surface area contributed by atoms with Gasteiger partial charge < -0.3 is 5.32 Å². The van der Waals surface area contributed by atoms with Gasteiger partial charge in [0.15, 0.2) is 0 Å². The van der Waals surface area contributed by atoms with E-state index in [0.717, 1.165) is 11.3 Å². The first-order valence-corrected chi connectivity index (χ1v) is 6.07. The number of nitrogens with zero attached hydrogens (tertiary/aromatic N) is 1. The summed E-state index contributed by atoms with van der Waals surface area (Å²) in [5.74, 6) is 0.383. The van der Waals surface area contributed by atoms with Crippen LogP contribution in [0.4, 0.5) is 15.9 Å². The third kappa shape index (κ3) is 2.96. The van der Waals surface area contributed by atoms with Crippen LogP contribution in [-0.4, -0.2) is 4.98 Å². The van der Waals surface area contributed by atoms with Gasteiger partial charge in [-0.25, -0.2) is 9.37 Å². The number of rotatable bonds is 2. The zero-order valence-electron chi connectivity index (χ0n) is 8.97. The minimum atomic E-state index is -0.280. The van der Waals surface area contributed by atoms with E-state index >= 15 is 0 Å². The van der Waals surface area contributed by atoms with Crippen molar-refractivity contribution in [1.29, 1.82) is 0 Å². The number of anilines is 2. The van der Waals surface area contributed by atoms with Gasteiger partial charge in [-0.3, -0.25) is 0 Å². The van der Waals surface area contributed by atoms with Gasteiger partial charge in [-0.2, -0.15) is 0 Å². The van der Waals surface area contributed by atoms with E-state index < -0.39 is 0 Å². The average molecular weight is 316 g/mol. The van der Waals surface area contributed by atoms with Gasteiger partial charge in [0.2, 0.25) is 0 Å². The van der Waals surface area contributed by atoms with E-state index in [1.165, 1.54) is 6.07 Å². The summed E-state index contributed by atoms with van der Waals surface area (Å²) in [5, 5.41) is 3.68. The smallest absolute Gasteiger partial charge is 0.137 e. The highest BCUT2D eigenvalue weighted by atomic mass is 79.9. The molecule has 1 aromatic heterocycles. The monoisotopic (exact) mass is 314 g/mol. The van der Waals surface area contributed by atoms with E-state index in [0.29, 0.717) is 15.3 Å². The third-order valence-electron chi connectivity index (χ3n) is 2.26. The summed E-state index contributed by atoms with van der Waals surface area (Å²) in [4.78, 5) is 4.11. The molecule has 2 nitrogen and oxygen atoms in total. The molecule has 0 aliphatic heterocycles. The molecule has 0 radical (unpaired) electrons. The Bertz CT molecular complexity index is 543. The average Bonchev–Trinajstić information content (AvgIpc) is 2.29. The Balaban J connectivity index is 2.30. The molecule has 88 valence electrons. The van der Waals surface area contributed by atoms with Gasteiger partial charge >= 0.3 is 0 Å². The van der Waals surface area contributed by atoms with Gasteiger partial charge in [-0.05, 0) is 52.7 Å². The normalized spacial score (nSPS) is 10.4. The van der Waals surface area contributed by atoms with Gasteiger partial charge in [0.1, 0.15) is 11.6 Å². The fraction of sp³-hybridized carbons (Fsp3) is 0.0833. The van der Waals surface area contributed by atoms with Crippen molar-refractivity contribution < 1.29 is 4.39 Å². The predicted octanol–water partition coefficient (Wildman–Crippen LogP) is 4.69. The van der Waals surface area contributed by atoms with Crippen LogP contribution in [0.25, 0.3) is 0 Å². The van der Waals surface area contributed by atoms with E-state index in [2.05, 4.69) is 26.2 Å². The molecule has 0 bridgehead atoms. The van der Waals surface area contributed by atoms with Crippen LogP contribution < -0.4 is 5.32 Å². The predicted molar refractivity (Wildman–Crippen MR) is 71.4 cm³/mol. The number of nitrogens with one attached hydrogen (secondary N) is 1. The number of benzene rings is 1. The maximum atomic E-state index is 13.2. The highest BCUT2D eigenvalue weighted by Crippen LogP contribution is 2.26. The maximum Gasteiger partial charge on any atom is 0.137 e. The fourth-order valence-corrected chi connectivity index (χ4v) is 1.82. The largest absolute Gasteiger partial charge is 0.340 e. The van der Waals surface area contributed by atoms with Crippen LogP contribution in [0, 0.1) is 12.7 Å². The second-order valence-corrected chi connectivity index (χ2v) is 4.86. The topological polar surface area (TPSA) is 24.9 Å². The van der Waals surface area contributed by atoms with Gasteiger partial charge in [0.25, 0.3) is 0 Å². The van der Waals surface area contributed by atoms with Crippen LogP contribution in [0.2, 0.25) is 5.02 Å². The van der Waals surface area contributed by atoms with E-state index in [-0.39, 0.29) is 5.82 Å². The zero-order chi connectivity index (χ0) is 12.4. The Kier molecular flexibility index (Phi) is 3.64. The number of aryl methyl sites for hydroxylation is 1. The molecule has 5 heteroatoms. The lowest BCUT2D eigenvalue weighted by atomic mass is 10.2. The first kappa shape index (κ1) is 12.3. The van der Waals surface area contributed by atoms with Crippen LogP contribution in [-0.2, 0) is 0 Å². The van der Waals surface area contributed by atoms with Crippen molar-refractivity contribution in [2.75, 3.05) is 5.32 Å². The van der Waals surface area contributed by atoms with Crippen molar-refractivity contribution in [2.45, 2.75) is 6.92 Å². The summed E-state index contributed by atoms with van der Waals surface area (Å²) < 4.78 is 13.7. The summed E-state index contributed by atoms with van der Waals surface area (Å²) >= 11 is 8.89. The van der Waals surface area contributed by atoms with E-state index in [1.807, 2.05) is 6.92 Å². The lowest BCUT2D eigenvalue weighted by Gasteiger charge is -2.09. The van der Waals surface area contributed by atoms with Crippen molar-refractivity contribution in [3.63, 3.8) is 0 Å². The summed E-state index contributed by atoms with van der Waals surface area (Å²) in [5.41, 5.74) is 1.61. The molecule has 0 fully saturated rings. The van der Waals surface area contributed by atoms with Crippen LogP contribution in [0.1, 0.15) is 5.56 Å². The van der Waals surface area contributed by atoms with E-state index in [4.69, 9.17) is 11.6 Å². The molecule has 2 aromatic rings. The highest BCUT2D eigenvalue weighted by molar-refractivity contribution is 9.10. The molecular formula is C12H9BrClFN2. The molecule has 0 spiro atoms. The molecule has 0 amide bonds. The van der Waals surface area contributed by atoms with Gasteiger partial charge in [0, 0.05) is 11.9 Å². The Morgan fingerprint density at radius 2 is 2.12 bits per heavy atom. The highest BCUT2D eigenvalue weighted by Gasteiger charge is 2.05. The Hall–Kier alpha value is -1.13. The maximum absolute atomic E-state index is 13.2. The lowest BCUT2D eigenvalue weighted by Crippen LogP contribution is -1.96. The summed E-state index contributed by atoms with van der Waals surface area (Å²) in [6, 6.07) is 6.65. The molecule has 2 rings (SSSR count). The number of halogens is 3. The van der Waals surface area contributed by atoms with Crippen molar-refractivity contribution >= 4 is 39.0 Å². The fourth-order valence-electron chi connectivity index (χ4n) is 1.37. The number of hydrogen-bond acceptors (Lipinski definition) is 2. The van der Waals surface area contributed by atoms with Crippen LogP contribution in [0.15, 0.2) is 34.9 Å². The number of aromatic nitrogens is 1. The standard InChI is InChI=1S/C12H9BrClFN2/c1-7-4-10(15)9(13)5-11(7)17-12-3-2-8(14)6-16-12/h2-6H,1H3,(H,16,17). The number of pyridine rings is 1. The molecule has 0 aliphatic rings. The van der Waals surface area contributed by atoms with E-state index in [9.17, 15) is 4.39 Å². The van der Waals surface area contributed by atoms with Crippen LogP contribution in [0.5, 0.6) is 0 Å². The van der Waals surface area contributed by atoms with Crippen molar-refractivity contribution in [1.82, 2.24) is 4.98 Å². The quantitative estimate of drug-likeness (QED) is 0.869. The minimum absolute atomic E-state index is 0.280. The molecule has 0 saturated carbocycles. The summed E-state index contributed by atoms with van der Waals surface area (Å²) in [7, 11) is 0. The van der Waals surface area contributed by atoms with Gasteiger partial charge in [0.05, 0.1) is 9.50 Å². The number of hydrogen-bond donors (Lipinski definition) is 1. The van der Waals surface area contributed by atoms with Crippen molar-refractivity contribution in [2.24, 2.45) is 0 Å². The molecule has 0 unspecified atom stereocenters. The second kappa shape index (κ2) is 5.02. The third-order valence-corrected chi connectivity index (χ3v) is 3.09.